The van der Waals surface area contributed by atoms with Crippen LogP contribution in [-0.4, -0.2) is 0 Å². The Labute approximate surface area is 274 Å². The topological polar surface area (TPSA) is 3.24 Å². The van der Waals surface area contributed by atoms with Gasteiger partial charge in [0, 0.05) is 17.1 Å². The first-order valence-electron chi connectivity index (χ1n) is 16.2. The Hall–Kier alpha value is -6.18. The van der Waals surface area contributed by atoms with Crippen molar-refractivity contribution in [1.82, 2.24) is 0 Å². The summed E-state index contributed by atoms with van der Waals surface area (Å²) in [5.41, 5.74) is 8.22. The summed E-state index contributed by atoms with van der Waals surface area (Å²) in [4.78, 5) is 2.38. The first kappa shape index (κ1) is 27.2. The number of nitrogens with zero attached hydrogens (tertiary/aromatic N) is 1. The van der Waals surface area contributed by atoms with Crippen LogP contribution >= 0.6 is 0 Å². The van der Waals surface area contributed by atoms with Crippen LogP contribution in [0.25, 0.3) is 65.3 Å². The van der Waals surface area contributed by atoms with E-state index in [1.165, 1.54) is 65.3 Å². The van der Waals surface area contributed by atoms with Crippen molar-refractivity contribution in [3.05, 3.63) is 188 Å². The molecule has 220 valence electrons. The van der Waals surface area contributed by atoms with Gasteiger partial charge >= 0.3 is 0 Å². The third kappa shape index (κ3) is 4.81. The molecule has 0 amide bonds. The predicted octanol–water partition coefficient (Wildman–Crippen LogP) is 13.1. The van der Waals surface area contributed by atoms with E-state index in [1.807, 2.05) is 0 Å². The van der Waals surface area contributed by atoms with E-state index in [1.54, 1.807) is 0 Å². The van der Waals surface area contributed by atoms with Gasteiger partial charge in [-0.2, -0.15) is 0 Å². The van der Waals surface area contributed by atoms with E-state index in [4.69, 9.17) is 0 Å². The van der Waals surface area contributed by atoms with Gasteiger partial charge in [0.1, 0.15) is 0 Å². The molecule has 0 aliphatic heterocycles. The van der Waals surface area contributed by atoms with Gasteiger partial charge in [0.15, 0.2) is 0 Å². The van der Waals surface area contributed by atoms with Crippen molar-refractivity contribution in [2.75, 3.05) is 4.90 Å². The highest BCUT2D eigenvalue weighted by Gasteiger charge is 2.16. The zero-order valence-electron chi connectivity index (χ0n) is 25.8. The summed E-state index contributed by atoms with van der Waals surface area (Å²) in [6, 6.07) is 68.3. The maximum Gasteiger partial charge on any atom is 0.0468 e. The number of benzene rings is 9. The molecule has 1 heteroatoms. The van der Waals surface area contributed by atoms with E-state index in [2.05, 4.69) is 193 Å². The lowest BCUT2D eigenvalue weighted by molar-refractivity contribution is 1.29. The summed E-state index contributed by atoms with van der Waals surface area (Å²) in [7, 11) is 0. The molecule has 1 nitrogen and oxygen atoms in total. The predicted molar refractivity (Wildman–Crippen MR) is 202 cm³/mol. The molecule has 0 radical (unpaired) electrons. The fraction of sp³-hybridized carbons (Fsp3) is 0. The van der Waals surface area contributed by atoms with Crippen molar-refractivity contribution < 1.29 is 0 Å². The number of hydrogen-bond donors (Lipinski definition) is 0. The molecule has 0 spiro atoms. The fourth-order valence-corrected chi connectivity index (χ4v) is 7.13. The minimum atomic E-state index is 1.12. The Morgan fingerprint density at radius 2 is 0.787 bits per heavy atom. The van der Waals surface area contributed by atoms with E-state index >= 15 is 0 Å². The molecule has 0 saturated carbocycles. The third-order valence-electron chi connectivity index (χ3n) is 9.42. The van der Waals surface area contributed by atoms with Gasteiger partial charge in [0.05, 0.1) is 0 Å². The molecule has 0 atom stereocenters. The highest BCUT2D eigenvalue weighted by atomic mass is 15.1. The number of hydrogen-bond acceptors (Lipinski definition) is 1. The van der Waals surface area contributed by atoms with E-state index in [0.717, 1.165) is 17.1 Å². The molecule has 0 saturated heterocycles. The highest BCUT2D eigenvalue weighted by Crippen LogP contribution is 2.41. The second kappa shape index (κ2) is 11.3. The van der Waals surface area contributed by atoms with Gasteiger partial charge in [0.25, 0.3) is 0 Å². The van der Waals surface area contributed by atoms with E-state index in [-0.39, 0.29) is 0 Å². The van der Waals surface area contributed by atoms with Gasteiger partial charge in [-0.3, -0.25) is 0 Å². The highest BCUT2D eigenvalue weighted by molar-refractivity contribution is 6.17. The third-order valence-corrected chi connectivity index (χ3v) is 9.42. The normalized spacial score (nSPS) is 11.4. The van der Waals surface area contributed by atoms with E-state index in [9.17, 15) is 0 Å². The minimum absolute atomic E-state index is 1.12. The molecular weight excluding hydrogens is 567 g/mol. The summed E-state index contributed by atoms with van der Waals surface area (Å²) >= 11 is 0. The lowest BCUT2D eigenvalue weighted by Crippen LogP contribution is -2.10. The van der Waals surface area contributed by atoms with Crippen molar-refractivity contribution in [3.8, 4) is 22.3 Å². The number of fused-ring (bicyclic) bond motifs is 6. The molecular formula is C46H31N. The van der Waals surface area contributed by atoms with Crippen LogP contribution in [0.15, 0.2) is 188 Å². The van der Waals surface area contributed by atoms with Crippen LogP contribution in [0.4, 0.5) is 17.1 Å². The average Bonchev–Trinajstić information content (AvgIpc) is 3.15. The molecule has 0 bridgehead atoms. The Bertz CT molecular complexity index is 2560. The molecule has 9 rings (SSSR count). The zero-order chi connectivity index (χ0) is 31.2. The number of rotatable bonds is 5. The fourth-order valence-electron chi connectivity index (χ4n) is 7.13. The lowest BCUT2D eigenvalue weighted by atomic mass is 9.96. The summed E-state index contributed by atoms with van der Waals surface area (Å²) in [6.45, 7) is 0. The molecule has 0 aromatic heterocycles. The van der Waals surface area contributed by atoms with Gasteiger partial charge in [-0.1, -0.05) is 152 Å². The molecule has 0 fully saturated rings. The van der Waals surface area contributed by atoms with E-state index in [0.29, 0.717) is 0 Å². The molecule has 0 unspecified atom stereocenters. The van der Waals surface area contributed by atoms with Gasteiger partial charge in [-0.25, -0.2) is 0 Å². The molecule has 0 aliphatic rings. The average molecular weight is 598 g/mol. The van der Waals surface area contributed by atoms with Crippen LogP contribution in [0, 0.1) is 0 Å². The number of anilines is 3. The first-order valence-corrected chi connectivity index (χ1v) is 16.2. The van der Waals surface area contributed by atoms with E-state index < -0.39 is 0 Å². The summed E-state index contributed by atoms with van der Waals surface area (Å²) in [5.74, 6) is 0. The molecule has 0 aliphatic carbocycles. The summed E-state index contributed by atoms with van der Waals surface area (Å²) in [5, 5.41) is 10.1. The van der Waals surface area contributed by atoms with Gasteiger partial charge in [0.2, 0.25) is 0 Å². The Morgan fingerprint density at radius 1 is 0.255 bits per heavy atom. The van der Waals surface area contributed by atoms with Crippen molar-refractivity contribution in [2.24, 2.45) is 0 Å². The quantitative estimate of drug-likeness (QED) is 0.178. The summed E-state index contributed by atoms with van der Waals surface area (Å²) in [6.07, 6.45) is 0. The molecule has 9 aromatic rings. The van der Waals surface area contributed by atoms with Crippen LogP contribution in [0.5, 0.6) is 0 Å². The second-order valence-corrected chi connectivity index (χ2v) is 12.2. The molecule has 0 N–H and O–H groups in total. The molecule has 47 heavy (non-hydrogen) atoms. The maximum absolute atomic E-state index is 2.38. The van der Waals surface area contributed by atoms with Crippen molar-refractivity contribution >= 4 is 60.2 Å². The Kier molecular flexibility index (Phi) is 6.54. The maximum atomic E-state index is 2.38. The largest absolute Gasteiger partial charge is 0.310 e. The Balaban J connectivity index is 1.21. The van der Waals surface area contributed by atoms with Crippen molar-refractivity contribution in [2.45, 2.75) is 0 Å². The van der Waals surface area contributed by atoms with Gasteiger partial charge in [-0.05, 0) is 102 Å². The van der Waals surface area contributed by atoms with Crippen LogP contribution in [0.3, 0.4) is 0 Å². The van der Waals surface area contributed by atoms with Crippen molar-refractivity contribution in [1.29, 1.82) is 0 Å². The summed E-state index contributed by atoms with van der Waals surface area (Å²) < 4.78 is 0. The van der Waals surface area contributed by atoms with Crippen LogP contribution < -0.4 is 4.90 Å². The van der Waals surface area contributed by atoms with Gasteiger partial charge in [-0.15, -0.1) is 0 Å². The van der Waals surface area contributed by atoms with Crippen LogP contribution in [0.2, 0.25) is 0 Å². The van der Waals surface area contributed by atoms with Gasteiger partial charge < -0.3 is 4.90 Å². The van der Waals surface area contributed by atoms with Crippen LogP contribution in [-0.2, 0) is 0 Å². The standard InChI is InChI=1S/C46H31N/c1-2-10-32(11-3-1)33-20-24-38(25-21-33)47(39-16-8-15-36(30-39)43-19-9-14-34-12-4-6-17-41(34)43)40-26-29-44-37(31-40)23-28-45-42-18-7-5-13-35(42)22-27-46(44)45/h1-31H. The zero-order valence-corrected chi connectivity index (χ0v) is 25.8. The monoisotopic (exact) mass is 597 g/mol. The van der Waals surface area contributed by atoms with Crippen LogP contribution in [0.1, 0.15) is 0 Å². The molecule has 9 aromatic carbocycles. The lowest BCUT2D eigenvalue weighted by Gasteiger charge is -2.27. The Morgan fingerprint density at radius 3 is 1.60 bits per heavy atom. The molecule has 0 heterocycles. The SMILES string of the molecule is c1ccc(-c2ccc(N(c3cccc(-c4cccc5ccccc45)c3)c3ccc4c(ccc5c6ccccc6ccc45)c3)cc2)cc1. The second-order valence-electron chi connectivity index (χ2n) is 12.2. The minimum Gasteiger partial charge on any atom is -0.310 e. The first-order chi connectivity index (χ1) is 23.3. The smallest absolute Gasteiger partial charge is 0.0468 e. The van der Waals surface area contributed by atoms with Crippen molar-refractivity contribution in [3.63, 3.8) is 0 Å².